The maximum atomic E-state index is 12.7. The Kier molecular flexibility index (Phi) is 4.17. The van der Waals surface area contributed by atoms with Crippen LogP contribution in [0.4, 0.5) is 11.4 Å². The summed E-state index contributed by atoms with van der Waals surface area (Å²) in [6.07, 6.45) is 1.62. The zero-order valence-electron chi connectivity index (χ0n) is 13.7. The van der Waals surface area contributed by atoms with Gasteiger partial charge in [-0.1, -0.05) is 30.0 Å². The summed E-state index contributed by atoms with van der Waals surface area (Å²) in [5.74, 6) is -0.991. The molecule has 2 heterocycles. The second-order valence-corrected chi connectivity index (χ2v) is 6.80. The summed E-state index contributed by atoms with van der Waals surface area (Å²) >= 11 is 1.21. The molecule has 0 fully saturated rings. The van der Waals surface area contributed by atoms with Gasteiger partial charge >= 0.3 is 0 Å². The molecule has 1 aliphatic rings. The molecular formula is C19H11N3O4S. The lowest BCUT2D eigenvalue weighted by Crippen LogP contribution is -2.29. The lowest BCUT2D eigenvalue weighted by Gasteiger charge is -2.15. The molecule has 0 atom stereocenters. The van der Waals surface area contributed by atoms with Crippen LogP contribution in [0.1, 0.15) is 20.7 Å². The van der Waals surface area contributed by atoms with E-state index in [9.17, 15) is 19.7 Å². The molecule has 0 saturated carbocycles. The van der Waals surface area contributed by atoms with Crippen molar-refractivity contribution in [3.05, 3.63) is 88.1 Å². The highest BCUT2D eigenvalue weighted by molar-refractivity contribution is 7.99. The van der Waals surface area contributed by atoms with Crippen molar-refractivity contribution >= 4 is 35.0 Å². The van der Waals surface area contributed by atoms with E-state index in [1.807, 2.05) is 0 Å². The summed E-state index contributed by atoms with van der Waals surface area (Å²) in [5.41, 5.74) is 0.525. The van der Waals surface area contributed by atoms with Crippen LogP contribution in [-0.4, -0.2) is 21.7 Å². The maximum absolute atomic E-state index is 12.7. The van der Waals surface area contributed by atoms with Crippen molar-refractivity contribution < 1.29 is 14.5 Å². The first-order valence-electron chi connectivity index (χ1n) is 7.91. The first kappa shape index (κ1) is 16.9. The molecule has 0 spiro atoms. The number of carbonyl (C=O) groups excluding carboxylic acids is 2. The van der Waals surface area contributed by atoms with Crippen molar-refractivity contribution in [1.29, 1.82) is 0 Å². The van der Waals surface area contributed by atoms with Gasteiger partial charge < -0.3 is 0 Å². The van der Waals surface area contributed by atoms with Crippen molar-refractivity contribution in [3.8, 4) is 0 Å². The van der Waals surface area contributed by atoms with Gasteiger partial charge in [-0.15, -0.1) is 0 Å². The first-order valence-corrected chi connectivity index (χ1v) is 8.72. The largest absolute Gasteiger partial charge is 0.272 e. The van der Waals surface area contributed by atoms with Gasteiger partial charge in [-0.2, -0.15) is 0 Å². The molecule has 8 heteroatoms. The molecule has 132 valence electrons. The predicted molar refractivity (Wildman–Crippen MR) is 99.0 cm³/mol. The third kappa shape index (κ3) is 3.06. The van der Waals surface area contributed by atoms with Gasteiger partial charge in [-0.25, -0.2) is 9.88 Å². The number of nitro groups is 1. The number of nitro benzene ring substituents is 1. The number of hydrogen-bond donors (Lipinski definition) is 0. The number of non-ortho nitro benzene ring substituents is 1. The van der Waals surface area contributed by atoms with Crippen LogP contribution >= 0.6 is 11.8 Å². The van der Waals surface area contributed by atoms with E-state index in [1.54, 1.807) is 54.7 Å². The van der Waals surface area contributed by atoms with Crippen molar-refractivity contribution in [2.24, 2.45) is 0 Å². The van der Waals surface area contributed by atoms with E-state index in [1.165, 1.54) is 23.9 Å². The minimum atomic E-state index is -0.551. The molecule has 2 aromatic carbocycles. The van der Waals surface area contributed by atoms with Crippen LogP contribution in [0.3, 0.4) is 0 Å². The summed E-state index contributed by atoms with van der Waals surface area (Å²) in [4.78, 5) is 41.8. The third-order valence-corrected chi connectivity index (χ3v) is 4.92. The Bertz CT molecular complexity index is 1050. The molecule has 7 nitrogen and oxygen atoms in total. The summed E-state index contributed by atoms with van der Waals surface area (Å²) in [7, 11) is 0. The number of benzene rings is 2. The van der Waals surface area contributed by atoms with E-state index in [4.69, 9.17) is 0 Å². The topological polar surface area (TPSA) is 93.4 Å². The summed E-state index contributed by atoms with van der Waals surface area (Å²) < 4.78 is 0. The number of anilines is 1. The predicted octanol–water partition coefficient (Wildman–Crippen LogP) is 3.94. The number of aromatic nitrogens is 1. The Hall–Kier alpha value is -3.52. The molecule has 0 bridgehead atoms. The van der Waals surface area contributed by atoms with Crippen molar-refractivity contribution in [2.45, 2.75) is 9.92 Å². The fraction of sp³-hybridized carbons (Fsp3) is 0. The van der Waals surface area contributed by atoms with E-state index in [0.717, 1.165) is 4.90 Å². The van der Waals surface area contributed by atoms with Crippen LogP contribution in [0, 0.1) is 10.1 Å². The zero-order valence-corrected chi connectivity index (χ0v) is 14.6. The number of fused-ring (bicyclic) bond motifs is 1. The molecule has 1 aromatic heterocycles. The van der Waals surface area contributed by atoms with E-state index < -0.39 is 16.7 Å². The first-order chi connectivity index (χ1) is 13.0. The standard InChI is InChI=1S/C19H11N3O4S/c23-18-15-5-1-2-6-16(15)19(24)21(18)12-9-13(22(25)26)11-14(10-12)27-17-7-3-4-8-20-17/h1-11H. The highest BCUT2D eigenvalue weighted by Gasteiger charge is 2.37. The molecular weight excluding hydrogens is 366 g/mol. The number of rotatable bonds is 4. The number of imide groups is 1. The number of amides is 2. The maximum Gasteiger partial charge on any atom is 0.272 e. The average Bonchev–Trinajstić information content (AvgIpc) is 2.93. The second kappa shape index (κ2) is 6.65. The summed E-state index contributed by atoms with van der Waals surface area (Å²) in [6, 6.07) is 16.0. The number of pyridine rings is 1. The van der Waals surface area contributed by atoms with Gasteiger partial charge in [0.25, 0.3) is 17.5 Å². The van der Waals surface area contributed by atoms with Gasteiger partial charge in [0.05, 0.1) is 21.7 Å². The Labute approximate surface area is 157 Å². The number of carbonyl (C=O) groups is 2. The van der Waals surface area contributed by atoms with Crippen molar-refractivity contribution in [3.63, 3.8) is 0 Å². The van der Waals surface area contributed by atoms with E-state index in [0.29, 0.717) is 9.92 Å². The lowest BCUT2D eigenvalue weighted by molar-refractivity contribution is -0.385. The molecule has 2 amide bonds. The molecule has 27 heavy (non-hydrogen) atoms. The quantitative estimate of drug-likeness (QED) is 0.388. The molecule has 4 rings (SSSR count). The Balaban J connectivity index is 1.78. The molecule has 3 aromatic rings. The normalized spacial score (nSPS) is 13.0. The smallest absolute Gasteiger partial charge is 0.268 e. The Morgan fingerprint density at radius 3 is 2.19 bits per heavy atom. The molecule has 0 aliphatic carbocycles. The van der Waals surface area contributed by atoms with Gasteiger partial charge in [0.1, 0.15) is 5.03 Å². The minimum absolute atomic E-state index is 0.161. The van der Waals surface area contributed by atoms with Crippen LogP contribution < -0.4 is 4.90 Å². The number of nitrogens with zero attached hydrogens (tertiary/aromatic N) is 3. The van der Waals surface area contributed by atoms with Crippen LogP contribution in [-0.2, 0) is 0 Å². The van der Waals surface area contributed by atoms with Crippen LogP contribution in [0.5, 0.6) is 0 Å². The highest BCUT2D eigenvalue weighted by atomic mass is 32.2. The Morgan fingerprint density at radius 2 is 1.59 bits per heavy atom. The fourth-order valence-electron chi connectivity index (χ4n) is 2.81. The molecule has 0 unspecified atom stereocenters. The molecule has 0 N–H and O–H groups in total. The van der Waals surface area contributed by atoms with Crippen LogP contribution in [0.15, 0.2) is 76.8 Å². The molecule has 1 aliphatic heterocycles. The second-order valence-electron chi connectivity index (χ2n) is 5.70. The van der Waals surface area contributed by atoms with Crippen molar-refractivity contribution in [2.75, 3.05) is 4.90 Å². The number of hydrogen-bond acceptors (Lipinski definition) is 6. The van der Waals surface area contributed by atoms with Crippen LogP contribution in [0.2, 0.25) is 0 Å². The SMILES string of the molecule is O=C1c2ccccc2C(=O)N1c1cc(Sc2ccccn2)cc([N+](=O)[O-])c1. The molecule has 0 saturated heterocycles. The van der Waals surface area contributed by atoms with Gasteiger partial charge in [0.15, 0.2) is 0 Å². The van der Waals surface area contributed by atoms with E-state index in [-0.39, 0.29) is 22.5 Å². The fourth-order valence-corrected chi connectivity index (χ4v) is 3.67. The lowest BCUT2D eigenvalue weighted by atomic mass is 10.1. The third-order valence-electron chi connectivity index (χ3n) is 4.00. The Morgan fingerprint density at radius 1 is 0.926 bits per heavy atom. The van der Waals surface area contributed by atoms with Gasteiger partial charge in [-0.05, 0) is 30.3 Å². The monoisotopic (exact) mass is 377 g/mol. The minimum Gasteiger partial charge on any atom is -0.268 e. The summed E-state index contributed by atoms with van der Waals surface area (Å²) in [5, 5.41) is 12.0. The van der Waals surface area contributed by atoms with E-state index >= 15 is 0 Å². The molecule has 0 radical (unpaired) electrons. The zero-order chi connectivity index (χ0) is 19.0. The van der Waals surface area contributed by atoms with Crippen LogP contribution in [0.25, 0.3) is 0 Å². The van der Waals surface area contributed by atoms with Gasteiger partial charge in [0, 0.05) is 23.2 Å². The van der Waals surface area contributed by atoms with Gasteiger partial charge in [-0.3, -0.25) is 19.7 Å². The van der Waals surface area contributed by atoms with Crippen molar-refractivity contribution in [1.82, 2.24) is 4.98 Å². The average molecular weight is 377 g/mol. The van der Waals surface area contributed by atoms with E-state index in [2.05, 4.69) is 4.98 Å². The van der Waals surface area contributed by atoms with Gasteiger partial charge in [0.2, 0.25) is 0 Å². The summed E-state index contributed by atoms with van der Waals surface area (Å²) in [6.45, 7) is 0. The highest BCUT2D eigenvalue weighted by Crippen LogP contribution is 2.36.